The molecule has 1 saturated carbocycles. The Hall–Kier alpha value is -1.81. The lowest BCUT2D eigenvalue weighted by Gasteiger charge is -2.10. The summed E-state index contributed by atoms with van der Waals surface area (Å²) in [6.07, 6.45) is 2.45. The van der Waals surface area contributed by atoms with Gasteiger partial charge in [0.25, 0.3) is 0 Å². The van der Waals surface area contributed by atoms with Gasteiger partial charge in [0.2, 0.25) is 5.91 Å². The van der Waals surface area contributed by atoms with E-state index in [1.165, 1.54) is 16.6 Å². The minimum absolute atomic E-state index is 0.00926. The summed E-state index contributed by atoms with van der Waals surface area (Å²) in [5.74, 6) is -0.00926. The molecule has 0 aliphatic heterocycles. The van der Waals surface area contributed by atoms with Gasteiger partial charge in [-0.1, -0.05) is 18.2 Å². The normalized spacial score (nSPS) is 16.5. The average molecular weight is 257 g/mol. The van der Waals surface area contributed by atoms with Crippen molar-refractivity contribution in [2.45, 2.75) is 31.7 Å². The average Bonchev–Trinajstić information content (AvgIpc) is 3.07. The largest absolute Gasteiger partial charge is 0.358 e. The number of nitrogens with one attached hydrogen (secondary N) is 2. The molecule has 0 radical (unpaired) electrons. The SMILES string of the molecule is Cc1[nH]c2ccccc2c1CCNC(=O)C1(N)CC1. The molecule has 1 aliphatic rings. The van der Waals surface area contributed by atoms with E-state index < -0.39 is 5.54 Å². The molecule has 1 fully saturated rings. The summed E-state index contributed by atoms with van der Waals surface area (Å²) >= 11 is 0. The predicted molar refractivity (Wildman–Crippen MR) is 75.9 cm³/mol. The van der Waals surface area contributed by atoms with Crippen LogP contribution < -0.4 is 11.1 Å². The molecule has 1 aromatic heterocycles. The number of carbonyl (C=O) groups excluding carboxylic acids is 1. The number of amides is 1. The third kappa shape index (κ3) is 2.24. The zero-order chi connectivity index (χ0) is 13.5. The molecule has 0 bridgehead atoms. The molecule has 0 spiro atoms. The van der Waals surface area contributed by atoms with Crippen molar-refractivity contribution < 1.29 is 4.79 Å². The monoisotopic (exact) mass is 257 g/mol. The van der Waals surface area contributed by atoms with Gasteiger partial charge in [0.1, 0.15) is 0 Å². The fourth-order valence-electron chi connectivity index (χ4n) is 2.50. The van der Waals surface area contributed by atoms with Gasteiger partial charge in [-0.25, -0.2) is 0 Å². The lowest BCUT2D eigenvalue weighted by molar-refractivity contribution is -0.123. The summed E-state index contributed by atoms with van der Waals surface area (Å²) in [4.78, 5) is 15.1. The first kappa shape index (κ1) is 12.2. The van der Waals surface area contributed by atoms with E-state index in [9.17, 15) is 4.79 Å². The van der Waals surface area contributed by atoms with Crippen molar-refractivity contribution in [1.82, 2.24) is 10.3 Å². The number of benzene rings is 1. The molecular formula is C15H19N3O. The summed E-state index contributed by atoms with van der Waals surface area (Å²) in [5, 5.41) is 4.18. The number of fused-ring (bicyclic) bond motifs is 1. The van der Waals surface area contributed by atoms with Crippen molar-refractivity contribution >= 4 is 16.8 Å². The van der Waals surface area contributed by atoms with Crippen LogP contribution in [-0.4, -0.2) is 23.0 Å². The van der Waals surface area contributed by atoms with Crippen LogP contribution in [0.1, 0.15) is 24.1 Å². The first-order chi connectivity index (χ1) is 9.10. The molecule has 1 heterocycles. The lowest BCUT2D eigenvalue weighted by atomic mass is 10.1. The highest BCUT2D eigenvalue weighted by Gasteiger charge is 2.45. The maximum atomic E-state index is 11.8. The Bertz CT molecular complexity index is 625. The molecule has 0 saturated heterocycles. The Morgan fingerprint density at radius 2 is 2.16 bits per heavy atom. The van der Waals surface area contributed by atoms with E-state index in [2.05, 4.69) is 29.4 Å². The molecule has 19 heavy (non-hydrogen) atoms. The number of aromatic amines is 1. The number of rotatable bonds is 4. The van der Waals surface area contributed by atoms with E-state index in [1.54, 1.807) is 0 Å². The number of hydrogen-bond donors (Lipinski definition) is 3. The molecular weight excluding hydrogens is 238 g/mol. The maximum absolute atomic E-state index is 11.8. The van der Waals surface area contributed by atoms with Gasteiger partial charge in [-0.15, -0.1) is 0 Å². The van der Waals surface area contributed by atoms with E-state index in [4.69, 9.17) is 5.73 Å². The third-order valence-corrected chi connectivity index (χ3v) is 3.93. The minimum Gasteiger partial charge on any atom is -0.358 e. The fourth-order valence-corrected chi connectivity index (χ4v) is 2.50. The van der Waals surface area contributed by atoms with Crippen molar-refractivity contribution in [3.63, 3.8) is 0 Å². The number of carbonyl (C=O) groups is 1. The predicted octanol–water partition coefficient (Wildman–Crippen LogP) is 1.63. The van der Waals surface area contributed by atoms with Crippen LogP contribution in [0.25, 0.3) is 10.9 Å². The van der Waals surface area contributed by atoms with Crippen molar-refractivity contribution in [2.75, 3.05) is 6.54 Å². The van der Waals surface area contributed by atoms with Crippen molar-refractivity contribution in [3.05, 3.63) is 35.5 Å². The van der Waals surface area contributed by atoms with Gasteiger partial charge < -0.3 is 16.0 Å². The molecule has 100 valence electrons. The summed E-state index contributed by atoms with van der Waals surface area (Å²) in [6.45, 7) is 2.71. The summed E-state index contributed by atoms with van der Waals surface area (Å²) in [6, 6.07) is 8.25. The zero-order valence-electron chi connectivity index (χ0n) is 11.1. The van der Waals surface area contributed by atoms with Gasteiger partial charge in [-0.05, 0) is 37.8 Å². The number of hydrogen-bond acceptors (Lipinski definition) is 2. The van der Waals surface area contributed by atoms with Crippen molar-refractivity contribution in [3.8, 4) is 0 Å². The molecule has 2 aromatic rings. The fraction of sp³-hybridized carbons (Fsp3) is 0.400. The highest BCUT2D eigenvalue weighted by Crippen LogP contribution is 2.32. The first-order valence-electron chi connectivity index (χ1n) is 6.73. The quantitative estimate of drug-likeness (QED) is 0.779. The number of H-pyrrole nitrogens is 1. The van der Waals surface area contributed by atoms with Crippen molar-refractivity contribution in [1.29, 1.82) is 0 Å². The number of nitrogens with two attached hydrogens (primary N) is 1. The summed E-state index contributed by atoms with van der Waals surface area (Å²) in [7, 11) is 0. The molecule has 1 amide bonds. The van der Waals surface area contributed by atoms with Crippen LogP contribution in [0.4, 0.5) is 0 Å². The zero-order valence-corrected chi connectivity index (χ0v) is 11.1. The summed E-state index contributed by atoms with van der Waals surface area (Å²) in [5.41, 5.74) is 8.88. The Kier molecular flexibility index (Phi) is 2.82. The van der Waals surface area contributed by atoms with Crippen LogP contribution in [0.15, 0.2) is 24.3 Å². The van der Waals surface area contributed by atoms with E-state index in [0.29, 0.717) is 6.54 Å². The van der Waals surface area contributed by atoms with Crippen LogP contribution in [-0.2, 0) is 11.2 Å². The third-order valence-electron chi connectivity index (χ3n) is 3.93. The van der Waals surface area contributed by atoms with Gasteiger partial charge in [0.15, 0.2) is 0 Å². The highest BCUT2D eigenvalue weighted by atomic mass is 16.2. The second-order valence-corrected chi connectivity index (χ2v) is 5.44. The molecule has 3 rings (SSSR count). The van der Waals surface area contributed by atoms with Gasteiger partial charge in [-0.2, -0.15) is 0 Å². The lowest BCUT2D eigenvalue weighted by Crippen LogP contribution is -2.43. The molecule has 1 aliphatic carbocycles. The Labute approximate surface area is 112 Å². The van der Waals surface area contributed by atoms with Gasteiger partial charge in [0.05, 0.1) is 5.54 Å². The number of aromatic nitrogens is 1. The molecule has 4 heteroatoms. The number of para-hydroxylation sites is 1. The highest BCUT2D eigenvalue weighted by molar-refractivity contribution is 5.89. The van der Waals surface area contributed by atoms with E-state index in [0.717, 1.165) is 24.8 Å². The maximum Gasteiger partial charge on any atom is 0.240 e. The van der Waals surface area contributed by atoms with Gasteiger partial charge in [0, 0.05) is 23.1 Å². The molecule has 4 N–H and O–H groups in total. The van der Waals surface area contributed by atoms with Crippen LogP contribution in [0.2, 0.25) is 0 Å². The Balaban J connectivity index is 1.68. The van der Waals surface area contributed by atoms with Crippen LogP contribution >= 0.6 is 0 Å². The topological polar surface area (TPSA) is 70.9 Å². The van der Waals surface area contributed by atoms with Crippen LogP contribution in [0.3, 0.4) is 0 Å². The second kappa shape index (κ2) is 4.38. The van der Waals surface area contributed by atoms with Crippen LogP contribution in [0.5, 0.6) is 0 Å². The minimum atomic E-state index is -0.574. The van der Waals surface area contributed by atoms with Crippen LogP contribution in [0, 0.1) is 6.92 Å². The molecule has 0 atom stereocenters. The Morgan fingerprint density at radius 3 is 2.89 bits per heavy atom. The van der Waals surface area contributed by atoms with E-state index in [1.807, 2.05) is 12.1 Å². The smallest absolute Gasteiger partial charge is 0.240 e. The second-order valence-electron chi connectivity index (χ2n) is 5.44. The molecule has 0 unspecified atom stereocenters. The standard InChI is InChI=1S/C15H19N3O/c1-10-11(12-4-2-3-5-13(12)18-10)6-9-17-14(19)15(16)7-8-15/h2-5,18H,6-9,16H2,1H3,(H,17,19). The van der Waals surface area contributed by atoms with E-state index in [-0.39, 0.29) is 5.91 Å². The van der Waals surface area contributed by atoms with Crippen molar-refractivity contribution in [2.24, 2.45) is 5.73 Å². The molecule has 4 nitrogen and oxygen atoms in total. The van der Waals surface area contributed by atoms with Gasteiger partial charge >= 0.3 is 0 Å². The van der Waals surface area contributed by atoms with Gasteiger partial charge in [-0.3, -0.25) is 4.79 Å². The first-order valence-corrected chi connectivity index (χ1v) is 6.73. The number of aryl methyl sites for hydroxylation is 1. The molecule has 1 aromatic carbocycles. The van der Waals surface area contributed by atoms with E-state index >= 15 is 0 Å². The Morgan fingerprint density at radius 1 is 1.42 bits per heavy atom. The summed E-state index contributed by atoms with van der Waals surface area (Å²) < 4.78 is 0.